The van der Waals surface area contributed by atoms with Crippen LogP contribution in [-0.2, 0) is 0 Å². The molecule has 19 heavy (non-hydrogen) atoms. The van der Waals surface area contributed by atoms with Gasteiger partial charge in [-0.15, -0.1) is 5.10 Å². The van der Waals surface area contributed by atoms with Crippen LogP contribution < -0.4 is 11.0 Å². The van der Waals surface area contributed by atoms with Crippen molar-refractivity contribution >= 4 is 11.5 Å². The molecule has 0 aliphatic carbocycles. The second-order valence-electron chi connectivity index (χ2n) is 5.39. The Hall–Kier alpha value is -1.85. The van der Waals surface area contributed by atoms with Gasteiger partial charge in [0.1, 0.15) is 5.82 Å². The van der Waals surface area contributed by atoms with Crippen LogP contribution in [0.25, 0.3) is 5.65 Å². The zero-order valence-corrected chi connectivity index (χ0v) is 11.7. The molecule has 0 saturated carbocycles. The van der Waals surface area contributed by atoms with Crippen LogP contribution in [0.2, 0.25) is 0 Å². The minimum Gasteiger partial charge on any atom is -0.366 e. The summed E-state index contributed by atoms with van der Waals surface area (Å²) in [7, 11) is 0. The van der Waals surface area contributed by atoms with E-state index in [2.05, 4.69) is 41.4 Å². The van der Waals surface area contributed by atoms with E-state index in [4.69, 9.17) is 0 Å². The zero-order chi connectivity index (χ0) is 13.8. The van der Waals surface area contributed by atoms with Gasteiger partial charge in [0.25, 0.3) is 0 Å². The highest BCUT2D eigenvalue weighted by Gasteiger charge is 2.06. The Morgan fingerprint density at radius 3 is 2.84 bits per heavy atom. The largest absolute Gasteiger partial charge is 0.366 e. The molecule has 0 bridgehead atoms. The fourth-order valence-corrected chi connectivity index (χ4v) is 2.04. The molecule has 2 aromatic rings. The Labute approximate surface area is 112 Å². The van der Waals surface area contributed by atoms with Crippen LogP contribution in [0.5, 0.6) is 0 Å². The molecule has 0 radical (unpaired) electrons. The first-order valence-electron chi connectivity index (χ1n) is 6.77. The maximum atomic E-state index is 11.4. The summed E-state index contributed by atoms with van der Waals surface area (Å²) in [5, 5.41) is 13.7. The highest BCUT2D eigenvalue weighted by molar-refractivity contribution is 5.43. The fraction of sp³-hybridized carbons (Fsp3) is 0.615. The lowest BCUT2D eigenvalue weighted by atomic mass is 10.0. The van der Waals surface area contributed by atoms with Gasteiger partial charge in [-0.05, 0) is 31.4 Å². The second kappa shape index (κ2) is 5.86. The number of anilines is 1. The van der Waals surface area contributed by atoms with Crippen LogP contribution >= 0.6 is 0 Å². The fourth-order valence-electron chi connectivity index (χ4n) is 2.04. The van der Waals surface area contributed by atoms with Crippen LogP contribution in [-0.4, -0.2) is 25.9 Å². The van der Waals surface area contributed by atoms with Crippen LogP contribution in [0, 0.1) is 5.92 Å². The Balaban J connectivity index is 1.96. The number of aromatic nitrogens is 4. The molecule has 0 amide bonds. The minimum absolute atomic E-state index is 0.314. The van der Waals surface area contributed by atoms with Gasteiger partial charge in [-0.25, -0.2) is 9.89 Å². The Morgan fingerprint density at radius 2 is 2.11 bits per heavy atom. The molecule has 104 valence electrons. The van der Waals surface area contributed by atoms with E-state index in [0.717, 1.165) is 12.3 Å². The average Bonchev–Trinajstić information content (AvgIpc) is 2.70. The molecule has 0 aliphatic rings. The van der Waals surface area contributed by atoms with E-state index < -0.39 is 0 Å². The SMILES string of the molecule is CC(C)CCCC(C)Nc1ccc2n[nH]c(=O)n2n1. The number of nitrogens with zero attached hydrogens (tertiary/aromatic N) is 3. The van der Waals surface area contributed by atoms with E-state index in [9.17, 15) is 4.79 Å². The van der Waals surface area contributed by atoms with Crippen molar-refractivity contribution in [2.75, 3.05) is 5.32 Å². The lowest BCUT2D eigenvalue weighted by Crippen LogP contribution is -2.19. The molecule has 0 saturated heterocycles. The topological polar surface area (TPSA) is 75.1 Å². The van der Waals surface area contributed by atoms with Crippen LogP contribution in [0.3, 0.4) is 0 Å². The maximum absolute atomic E-state index is 11.4. The number of aromatic amines is 1. The summed E-state index contributed by atoms with van der Waals surface area (Å²) in [4.78, 5) is 11.4. The molecule has 2 aromatic heterocycles. The molecule has 0 aromatic carbocycles. The molecular weight excluding hydrogens is 242 g/mol. The smallest absolute Gasteiger partial charge is 0.364 e. The van der Waals surface area contributed by atoms with E-state index in [1.165, 1.54) is 17.4 Å². The standard InChI is InChI=1S/C13H21N5O/c1-9(2)5-4-6-10(3)14-11-7-8-12-15-16-13(19)18(12)17-11/h7-10H,4-6H2,1-3H3,(H,14,17)(H,16,19). The van der Waals surface area contributed by atoms with E-state index >= 15 is 0 Å². The highest BCUT2D eigenvalue weighted by atomic mass is 16.2. The first-order valence-corrected chi connectivity index (χ1v) is 6.77. The predicted octanol–water partition coefficient (Wildman–Crippen LogP) is 2.04. The van der Waals surface area contributed by atoms with E-state index in [1.54, 1.807) is 6.07 Å². The Bertz CT molecular complexity index is 586. The highest BCUT2D eigenvalue weighted by Crippen LogP contribution is 2.11. The third-order valence-corrected chi connectivity index (χ3v) is 3.09. The van der Waals surface area contributed by atoms with Gasteiger partial charge in [-0.1, -0.05) is 26.7 Å². The van der Waals surface area contributed by atoms with Crippen LogP contribution in [0.15, 0.2) is 16.9 Å². The van der Waals surface area contributed by atoms with Crippen molar-refractivity contribution in [3.8, 4) is 0 Å². The molecular formula is C13H21N5O. The lowest BCUT2D eigenvalue weighted by molar-refractivity contribution is 0.519. The molecule has 6 nitrogen and oxygen atoms in total. The summed E-state index contributed by atoms with van der Waals surface area (Å²) in [5.74, 6) is 1.44. The summed E-state index contributed by atoms with van der Waals surface area (Å²) >= 11 is 0. The number of hydrogen-bond acceptors (Lipinski definition) is 4. The van der Waals surface area contributed by atoms with Gasteiger partial charge in [0.15, 0.2) is 5.65 Å². The normalized spacial score (nSPS) is 13.1. The van der Waals surface area contributed by atoms with E-state index in [1.807, 2.05) is 6.07 Å². The minimum atomic E-state index is -0.314. The van der Waals surface area contributed by atoms with Crippen molar-refractivity contribution in [3.63, 3.8) is 0 Å². The molecule has 2 N–H and O–H groups in total. The van der Waals surface area contributed by atoms with Gasteiger partial charge in [0, 0.05) is 6.04 Å². The molecule has 0 fully saturated rings. The van der Waals surface area contributed by atoms with Crippen LogP contribution in [0.4, 0.5) is 5.82 Å². The molecule has 2 heterocycles. The predicted molar refractivity (Wildman–Crippen MR) is 75.4 cm³/mol. The number of fused-ring (bicyclic) bond motifs is 1. The van der Waals surface area contributed by atoms with Gasteiger partial charge < -0.3 is 5.32 Å². The molecule has 1 atom stereocenters. The van der Waals surface area contributed by atoms with Crippen LogP contribution in [0.1, 0.15) is 40.0 Å². The first-order chi connectivity index (χ1) is 9.06. The molecule has 0 spiro atoms. The zero-order valence-electron chi connectivity index (χ0n) is 11.7. The Kier molecular flexibility index (Phi) is 4.19. The molecule has 2 rings (SSSR count). The van der Waals surface area contributed by atoms with Gasteiger partial charge in [-0.2, -0.15) is 9.61 Å². The number of H-pyrrole nitrogens is 1. The molecule has 1 unspecified atom stereocenters. The lowest BCUT2D eigenvalue weighted by Gasteiger charge is -2.14. The Morgan fingerprint density at radius 1 is 1.32 bits per heavy atom. The summed E-state index contributed by atoms with van der Waals surface area (Å²) in [6.07, 6.45) is 3.53. The van der Waals surface area contributed by atoms with Crippen molar-refractivity contribution in [2.45, 2.75) is 46.1 Å². The number of hydrogen-bond donors (Lipinski definition) is 2. The van der Waals surface area contributed by atoms with Crippen molar-refractivity contribution in [1.29, 1.82) is 0 Å². The first kappa shape index (κ1) is 13.6. The summed E-state index contributed by atoms with van der Waals surface area (Å²) in [6, 6.07) is 3.95. The summed E-state index contributed by atoms with van der Waals surface area (Å²) in [6.45, 7) is 6.60. The van der Waals surface area contributed by atoms with Crippen molar-refractivity contribution in [2.24, 2.45) is 5.92 Å². The van der Waals surface area contributed by atoms with Gasteiger partial charge in [-0.3, -0.25) is 0 Å². The van der Waals surface area contributed by atoms with E-state index in [-0.39, 0.29) is 5.69 Å². The van der Waals surface area contributed by atoms with Crippen molar-refractivity contribution in [1.82, 2.24) is 19.8 Å². The third kappa shape index (κ3) is 3.56. The monoisotopic (exact) mass is 263 g/mol. The maximum Gasteiger partial charge on any atom is 0.364 e. The van der Waals surface area contributed by atoms with Gasteiger partial charge in [0.05, 0.1) is 0 Å². The van der Waals surface area contributed by atoms with Crippen molar-refractivity contribution in [3.05, 3.63) is 22.6 Å². The third-order valence-electron chi connectivity index (χ3n) is 3.09. The molecule has 0 aliphatic heterocycles. The van der Waals surface area contributed by atoms with Gasteiger partial charge >= 0.3 is 5.69 Å². The van der Waals surface area contributed by atoms with E-state index in [0.29, 0.717) is 17.5 Å². The summed E-state index contributed by atoms with van der Waals surface area (Å²) in [5.41, 5.74) is 0.217. The quantitative estimate of drug-likeness (QED) is 0.836. The van der Waals surface area contributed by atoms with Crippen molar-refractivity contribution < 1.29 is 0 Å². The average molecular weight is 263 g/mol. The van der Waals surface area contributed by atoms with Gasteiger partial charge in [0.2, 0.25) is 0 Å². The number of nitrogens with one attached hydrogen (secondary N) is 2. The number of rotatable bonds is 6. The molecule has 6 heteroatoms. The second-order valence-corrected chi connectivity index (χ2v) is 5.39. The summed E-state index contributed by atoms with van der Waals surface area (Å²) < 4.78 is 1.27.